The van der Waals surface area contributed by atoms with E-state index >= 15 is 0 Å². The van der Waals surface area contributed by atoms with Gasteiger partial charge in [-0.05, 0) is 31.0 Å². The van der Waals surface area contributed by atoms with E-state index in [9.17, 15) is 5.11 Å². The molecular formula is C16H20BrClN2O. The molecule has 0 saturated heterocycles. The minimum Gasteiger partial charge on any atom is -0.389 e. The van der Waals surface area contributed by atoms with Crippen LogP contribution in [0.1, 0.15) is 30.8 Å². The zero-order valence-electron chi connectivity index (χ0n) is 12.5. The summed E-state index contributed by atoms with van der Waals surface area (Å²) in [7, 11) is 1.87. The molecular weight excluding hydrogens is 352 g/mol. The fraction of sp³-hybridized carbons (Fsp3) is 0.438. The molecule has 0 aliphatic carbocycles. The van der Waals surface area contributed by atoms with Crippen molar-refractivity contribution in [3.05, 3.63) is 50.7 Å². The van der Waals surface area contributed by atoms with Crippen LogP contribution in [0.15, 0.2) is 28.7 Å². The summed E-state index contributed by atoms with van der Waals surface area (Å²) in [5.74, 6) is 0. The van der Waals surface area contributed by atoms with Gasteiger partial charge in [0.1, 0.15) is 0 Å². The lowest BCUT2D eigenvalue weighted by molar-refractivity contribution is 0.0589. The number of aliphatic hydroxyl groups is 1. The first-order valence-electron chi connectivity index (χ1n) is 6.99. The highest BCUT2D eigenvalue weighted by molar-refractivity contribution is 9.10. The largest absolute Gasteiger partial charge is 0.389 e. The Morgan fingerprint density at radius 3 is 2.43 bits per heavy atom. The van der Waals surface area contributed by atoms with E-state index in [4.69, 9.17) is 11.6 Å². The molecule has 2 aromatic rings. The minimum absolute atomic E-state index is 0.478. The fourth-order valence-corrected chi connectivity index (χ4v) is 3.10. The summed E-state index contributed by atoms with van der Waals surface area (Å²) in [4.78, 5) is 0. The van der Waals surface area contributed by atoms with Crippen LogP contribution in [0.4, 0.5) is 0 Å². The summed E-state index contributed by atoms with van der Waals surface area (Å²) in [5, 5.41) is 15.8. The first-order valence-corrected chi connectivity index (χ1v) is 8.16. The maximum absolute atomic E-state index is 10.7. The normalized spacial score (nSPS) is 14.2. The van der Waals surface area contributed by atoms with E-state index in [1.54, 1.807) is 4.68 Å². The van der Waals surface area contributed by atoms with Gasteiger partial charge < -0.3 is 5.11 Å². The van der Waals surface area contributed by atoms with Gasteiger partial charge in [-0.15, -0.1) is 0 Å². The highest BCUT2D eigenvalue weighted by Gasteiger charge is 2.26. The van der Waals surface area contributed by atoms with Gasteiger partial charge in [0, 0.05) is 24.4 Å². The van der Waals surface area contributed by atoms with E-state index in [0.717, 1.165) is 27.8 Å². The molecule has 1 N–H and O–H groups in total. The molecule has 2 rings (SSSR count). The Labute approximate surface area is 139 Å². The Morgan fingerprint density at radius 2 is 1.90 bits per heavy atom. The molecule has 1 heterocycles. The van der Waals surface area contributed by atoms with Gasteiger partial charge in [0.15, 0.2) is 0 Å². The highest BCUT2D eigenvalue weighted by atomic mass is 79.9. The Morgan fingerprint density at radius 1 is 1.29 bits per heavy atom. The molecule has 1 unspecified atom stereocenters. The summed E-state index contributed by atoms with van der Waals surface area (Å²) in [6.45, 7) is 3.86. The van der Waals surface area contributed by atoms with Crippen LogP contribution >= 0.6 is 27.5 Å². The number of halogens is 2. The first-order chi connectivity index (χ1) is 9.82. The van der Waals surface area contributed by atoms with E-state index in [1.165, 1.54) is 0 Å². The van der Waals surface area contributed by atoms with Crippen molar-refractivity contribution in [2.24, 2.45) is 7.05 Å². The molecule has 0 fully saturated rings. The van der Waals surface area contributed by atoms with Gasteiger partial charge >= 0.3 is 0 Å². The molecule has 0 aliphatic rings. The zero-order valence-corrected chi connectivity index (χ0v) is 14.9. The van der Waals surface area contributed by atoms with E-state index in [2.05, 4.69) is 21.0 Å². The minimum atomic E-state index is -0.865. The van der Waals surface area contributed by atoms with Crippen molar-refractivity contribution in [1.29, 1.82) is 0 Å². The van der Waals surface area contributed by atoms with E-state index in [0.29, 0.717) is 17.9 Å². The first kappa shape index (κ1) is 16.5. The van der Waals surface area contributed by atoms with Crippen molar-refractivity contribution in [2.75, 3.05) is 0 Å². The fourth-order valence-electron chi connectivity index (χ4n) is 2.48. The van der Waals surface area contributed by atoms with Gasteiger partial charge in [-0.2, -0.15) is 5.10 Å². The van der Waals surface area contributed by atoms with E-state index in [1.807, 2.05) is 45.2 Å². The molecule has 21 heavy (non-hydrogen) atoms. The SMILES string of the molecule is CCc1nn(C)c(CC(C)(O)Cc2ccc(Br)cc2)c1Cl. The van der Waals surface area contributed by atoms with Gasteiger partial charge in [0.05, 0.1) is 22.0 Å². The van der Waals surface area contributed by atoms with Gasteiger partial charge in [-0.1, -0.05) is 46.6 Å². The predicted octanol–water partition coefficient (Wildman–Crippen LogP) is 3.93. The second-order valence-electron chi connectivity index (χ2n) is 5.66. The van der Waals surface area contributed by atoms with Crippen LogP contribution in [-0.2, 0) is 26.3 Å². The molecule has 114 valence electrons. The standard InChI is InChI=1S/C16H20BrClN2O/c1-4-13-15(18)14(20(3)19-13)10-16(2,21)9-11-5-7-12(17)8-6-11/h5-8,21H,4,9-10H2,1-3H3. The lowest BCUT2D eigenvalue weighted by Crippen LogP contribution is -2.31. The van der Waals surface area contributed by atoms with Gasteiger partial charge in [-0.25, -0.2) is 0 Å². The molecule has 0 aliphatic heterocycles. The maximum Gasteiger partial charge on any atom is 0.0850 e. The van der Waals surface area contributed by atoms with Crippen molar-refractivity contribution in [1.82, 2.24) is 9.78 Å². The van der Waals surface area contributed by atoms with E-state index < -0.39 is 5.60 Å². The molecule has 0 saturated carbocycles. The average molecular weight is 372 g/mol. The van der Waals surface area contributed by atoms with Crippen LogP contribution < -0.4 is 0 Å². The van der Waals surface area contributed by atoms with Gasteiger partial charge in [0.2, 0.25) is 0 Å². The molecule has 0 spiro atoms. The number of nitrogens with zero attached hydrogens (tertiary/aromatic N) is 2. The Hall–Kier alpha value is -0.840. The monoisotopic (exact) mass is 370 g/mol. The summed E-state index contributed by atoms with van der Waals surface area (Å²) >= 11 is 9.78. The quantitative estimate of drug-likeness (QED) is 0.864. The van der Waals surface area contributed by atoms with Crippen molar-refractivity contribution in [3.63, 3.8) is 0 Å². The van der Waals surface area contributed by atoms with Crippen molar-refractivity contribution >= 4 is 27.5 Å². The summed E-state index contributed by atoms with van der Waals surface area (Å²) in [6, 6.07) is 8.00. The number of rotatable bonds is 5. The molecule has 1 aromatic heterocycles. The molecule has 0 bridgehead atoms. The summed E-state index contributed by atoms with van der Waals surface area (Å²) in [5.41, 5.74) is 2.00. The molecule has 5 heteroatoms. The Bertz CT molecular complexity index is 620. The molecule has 0 radical (unpaired) electrons. The third kappa shape index (κ3) is 4.09. The van der Waals surface area contributed by atoms with Crippen LogP contribution in [0.5, 0.6) is 0 Å². The number of aromatic nitrogens is 2. The second-order valence-corrected chi connectivity index (χ2v) is 6.96. The van der Waals surface area contributed by atoms with Crippen LogP contribution in [-0.4, -0.2) is 20.5 Å². The van der Waals surface area contributed by atoms with Crippen LogP contribution in [0.2, 0.25) is 5.02 Å². The zero-order chi connectivity index (χ0) is 15.6. The predicted molar refractivity (Wildman–Crippen MR) is 89.8 cm³/mol. The van der Waals surface area contributed by atoms with Crippen LogP contribution in [0.3, 0.4) is 0 Å². The van der Waals surface area contributed by atoms with Crippen molar-refractivity contribution < 1.29 is 5.11 Å². The molecule has 3 nitrogen and oxygen atoms in total. The van der Waals surface area contributed by atoms with Crippen molar-refractivity contribution in [3.8, 4) is 0 Å². The number of hydrogen-bond donors (Lipinski definition) is 1. The molecule has 1 atom stereocenters. The summed E-state index contributed by atoms with van der Waals surface area (Å²) in [6.07, 6.45) is 1.84. The highest BCUT2D eigenvalue weighted by Crippen LogP contribution is 2.27. The third-order valence-corrected chi connectivity index (χ3v) is 4.51. The Kier molecular flexibility index (Phi) is 5.12. The number of benzene rings is 1. The summed E-state index contributed by atoms with van der Waals surface area (Å²) < 4.78 is 2.81. The maximum atomic E-state index is 10.7. The van der Waals surface area contributed by atoms with Crippen molar-refractivity contribution in [2.45, 2.75) is 38.7 Å². The van der Waals surface area contributed by atoms with Crippen LogP contribution in [0.25, 0.3) is 0 Å². The topological polar surface area (TPSA) is 38.0 Å². The molecule has 0 amide bonds. The Balaban J connectivity index is 2.17. The second kappa shape index (κ2) is 6.51. The van der Waals surface area contributed by atoms with Crippen LogP contribution in [0, 0.1) is 0 Å². The van der Waals surface area contributed by atoms with E-state index in [-0.39, 0.29) is 0 Å². The third-order valence-electron chi connectivity index (χ3n) is 3.55. The lowest BCUT2D eigenvalue weighted by atomic mass is 9.91. The smallest absolute Gasteiger partial charge is 0.0850 e. The molecule has 1 aromatic carbocycles. The lowest BCUT2D eigenvalue weighted by Gasteiger charge is -2.23. The number of hydrogen-bond acceptors (Lipinski definition) is 2. The average Bonchev–Trinajstić information content (AvgIpc) is 2.68. The van der Waals surface area contributed by atoms with Gasteiger partial charge in [0.25, 0.3) is 0 Å². The van der Waals surface area contributed by atoms with Gasteiger partial charge in [-0.3, -0.25) is 4.68 Å². The number of aryl methyl sites for hydroxylation is 2.